The van der Waals surface area contributed by atoms with Gasteiger partial charge in [-0.05, 0) is 57.9 Å². The highest BCUT2D eigenvalue weighted by atomic mass is 32.2. The number of hydrogen-bond donors (Lipinski definition) is 1. The molecular weight excluding hydrogens is 338 g/mol. The van der Waals surface area contributed by atoms with Crippen LogP contribution in [0.3, 0.4) is 0 Å². The van der Waals surface area contributed by atoms with Crippen LogP contribution in [0.15, 0.2) is 30.6 Å². The summed E-state index contributed by atoms with van der Waals surface area (Å²) in [5.41, 5.74) is 3.76. The van der Waals surface area contributed by atoms with Crippen LogP contribution in [0.1, 0.15) is 31.2 Å². The van der Waals surface area contributed by atoms with Crippen LogP contribution < -0.4 is 5.32 Å². The maximum Gasteiger partial charge on any atom is 0.227 e. The zero-order valence-corrected chi connectivity index (χ0v) is 15.5. The molecule has 134 valence electrons. The molecule has 3 rings (SSSR count). The number of carbonyl (C=O) groups is 1. The van der Waals surface area contributed by atoms with Crippen molar-refractivity contribution in [1.82, 2.24) is 9.55 Å². The molecule has 0 saturated carbocycles. The maximum absolute atomic E-state index is 12.4. The second-order valence-corrected chi connectivity index (χ2v) is 9.26. The number of aromatic nitrogens is 2. The fraction of sp³-hybridized carbons (Fsp3) is 0.444. The van der Waals surface area contributed by atoms with E-state index in [1.807, 2.05) is 42.7 Å². The van der Waals surface area contributed by atoms with Gasteiger partial charge >= 0.3 is 0 Å². The number of benzene rings is 1. The summed E-state index contributed by atoms with van der Waals surface area (Å²) in [7, 11) is -3.03. The molecule has 1 fully saturated rings. The summed E-state index contributed by atoms with van der Waals surface area (Å²) in [5.74, 6) is -0.273. The van der Waals surface area contributed by atoms with Gasteiger partial charge in [0.15, 0.2) is 9.84 Å². The Labute approximate surface area is 148 Å². The highest BCUT2D eigenvalue weighted by Crippen LogP contribution is 2.26. The Hall–Kier alpha value is -2.15. The average molecular weight is 361 g/mol. The van der Waals surface area contributed by atoms with Crippen LogP contribution in [-0.4, -0.2) is 34.9 Å². The van der Waals surface area contributed by atoms with E-state index < -0.39 is 15.1 Å². The van der Waals surface area contributed by atoms with Gasteiger partial charge in [-0.15, -0.1) is 0 Å². The van der Waals surface area contributed by atoms with Crippen molar-refractivity contribution in [2.75, 3.05) is 11.1 Å². The average Bonchev–Trinajstić information content (AvgIpc) is 2.90. The molecule has 1 aliphatic heterocycles. The summed E-state index contributed by atoms with van der Waals surface area (Å²) in [6.07, 6.45) is 2.56. The van der Waals surface area contributed by atoms with Gasteiger partial charge in [0.25, 0.3) is 0 Å². The summed E-state index contributed by atoms with van der Waals surface area (Å²) in [6.45, 7) is 5.65. The van der Waals surface area contributed by atoms with E-state index in [4.69, 9.17) is 0 Å². The second kappa shape index (κ2) is 6.63. The first-order chi connectivity index (χ1) is 11.8. The number of amides is 1. The first-order valence-electron chi connectivity index (χ1n) is 8.41. The lowest BCUT2D eigenvalue weighted by Gasteiger charge is -2.26. The SMILES string of the molecule is Cc1ncn(-c2ccc(NC(=O)C3CCS(=O)(=O)C(C)C3)cc2)c1C. The van der Waals surface area contributed by atoms with Crippen molar-refractivity contribution in [3.05, 3.63) is 42.0 Å². The first kappa shape index (κ1) is 17.7. The molecule has 6 nitrogen and oxygen atoms in total. The van der Waals surface area contributed by atoms with Crippen LogP contribution in [0.2, 0.25) is 0 Å². The monoisotopic (exact) mass is 361 g/mol. The summed E-state index contributed by atoms with van der Waals surface area (Å²) in [4.78, 5) is 16.7. The fourth-order valence-electron chi connectivity index (χ4n) is 3.12. The van der Waals surface area contributed by atoms with Crippen LogP contribution in [0.5, 0.6) is 0 Å². The van der Waals surface area contributed by atoms with Crippen LogP contribution in [-0.2, 0) is 14.6 Å². The molecule has 7 heteroatoms. The standard InChI is InChI=1S/C18H23N3O3S/c1-12-10-15(8-9-25(12,23)24)18(22)20-16-4-6-17(7-5-16)21-11-19-13(2)14(21)3/h4-7,11-12,15H,8-10H2,1-3H3,(H,20,22). The van der Waals surface area contributed by atoms with E-state index in [1.165, 1.54) is 0 Å². The molecule has 1 N–H and O–H groups in total. The van der Waals surface area contributed by atoms with Gasteiger partial charge in [0.1, 0.15) is 0 Å². The largest absolute Gasteiger partial charge is 0.326 e. The Bertz CT molecular complexity index is 885. The number of carbonyl (C=O) groups excluding carboxylic acids is 1. The minimum Gasteiger partial charge on any atom is -0.326 e. The molecule has 1 amide bonds. The lowest BCUT2D eigenvalue weighted by atomic mass is 9.99. The Morgan fingerprint density at radius 1 is 1.24 bits per heavy atom. The number of rotatable bonds is 3. The van der Waals surface area contributed by atoms with E-state index in [1.54, 1.807) is 13.3 Å². The van der Waals surface area contributed by atoms with Crippen molar-refractivity contribution in [2.45, 2.75) is 38.9 Å². The third-order valence-electron chi connectivity index (χ3n) is 5.02. The summed E-state index contributed by atoms with van der Waals surface area (Å²) in [5, 5.41) is 2.45. The normalized spacial score (nSPS) is 22.5. The van der Waals surface area contributed by atoms with Crippen molar-refractivity contribution in [1.29, 1.82) is 0 Å². The number of sulfone groups is 1. The molecule has 25 heavy (non-hydrogen) atoms. The van der Waals surface area contributed by atoms with Crippen LogP contribution in [0.25, 0.3) is 5.69 Å². The molecule has 1 aliphatic rings. The molecule has 2 unspecified atom stereocenters. The number of aryl methyl sites for hydroxylation is 1. The molecular formula is C18H23N3O3S. The van der Waals surface area contributed by atoms with E-state index in [2.05, 4.69) is 10.3 Å². The number of imidazole rings is 1. The Morgan fingerprint density at radius 3 is 2.48 bits per heavy atom. The van der Waals surface area contributed by atoms with E-state index >= 15 is 0 Å². The summed E-state index contributed by atoms with van der Waals surface area (Å²) in [6, 6.07) is 7.56. The molecule has 0 spiro atoms. The molecule has 0 bridgehead atoms. The predicted octanol–water partition coefficient (Wildman–Crippen LogP) is 2.64. The van der Waals surface area contributed by atoms with Crippen molar-refractivity contribution in [2.24, 2.45) is 5.92 Å². The highest BCUT2D eigenvalue weighted by molar-refractivity contribution is 7.92. The molecule has 0 radical (unpaired) electrons. The van der Waals surface area contributed by atoms with Gasteiger partial charge in [-0.1, -0.05) is 0 Å². The second-order valence-electron chi connectivity index (χ2n) is 6.72. The first-order valence-corrected chi connectivity index (χ1v) is 10.1. The van der Waals surface area contributed by atoms with E-state index in [0.29, 0.717) is 18.5 Å². The van der Waals surface area contributed by atoms with Gasteiger partial charge in [0.05, 0.1) is 23.0 Å². The van der Waals surface area contributed by atoms with Gasteiger partial charge < -0.3 is 9.88 Å². The highest BCUT2D eigenvalue weighted by Gasteiger charge is 2.34. The number of anilines is 1. The minimum absolute atomic E-state index is 0.0877. The zero-order valence-electron chi connectivity index (χ0n) is 14.7. The summed E-state index contributed by atoms with van der Waals surface area (Å²) < 4.78 is 25.5. The van der Waals surface area contributed by atoms with Gasteiger partial charge in [0, 0.05) is 23.0 Å². The third kappa shape index (κ3) is 3.61. The van der Waals surface area contributed by atoms with Gasteiger partial charge in [-0.2, -0.15) is 0 Å². The van der Waals surface area contributed by atoms with Crippen molar-refractivity contribution in [3.63, 3.8) is 0 Å². The molecule has 1 aromatic heterocycles. The van der Waals surface area contributed by atoms with Crippen LogP contribution in [0.4, 0.5) is 5.69 Å². The molecule has 2 heterocycles. The van der Waals surface area contributed by atoms with Crippen molar-refractivity contribution in [3.8, 4) is 5.69 Å². The zero-order chi connectivity index (χ0) is 18.2. The summed E-state index contributed by atoms with van der Waals surface area (Å²) >= 11 is 0. The Morgan fingerprint density at radius 2 is 1.92 bits per heavy atom. The van der Waals surface area contributed by atoms with Crippen LogP contribution >= 0.6 is 0 Å². The number of nitrogens with one attached hydrogen (secondary N) is 1. The maximum atomic E-state index is 12.4. The minimum atomic E-state index is -3.03. The van der Waals surface area contributed by atoms with Gasteiger partial charge in [-0.3, -0.25) is 4.79 Å². The lowest BCUT2D eigenvalue weighted by Crippen LogP contribution is -2.36. The third-order valence-corrected chi connectivity index (χ3v) is 7.24. The Kier molecular flexibility index (Phi) is 4.69. The van der Waals surface area contributed by atoms with Crippen LogP contribution in [0, 0.1) is 19.8 Å². The van der Waals surface area contributed by atoms with E-state index in [9.17, 15) is 13.2 Å². The molecule has 0 aliphatic carbocycles. The van der Waals surface area contributed by atoms with Gasteiger partial charge in [0.2, 0.25) is 5.91 Å². The lowest BCUT2D eigenvalue weighted by molar-refractivity contribution is -0.120. The van der Waals surface area contributed by atoms with Crippen molar-refractivity contribution >= 4 is 21.4 Å². The quantitative estimate of drug-likeness (QED) is 0.911. The topological polar surface area (TPSA) is 81.1 Å². The molecule has 2 aromatic rings. The molecule has 2 atom stereocenters. The smallest absolute Gasteiger partial charge is 0.227 e. The fourth-order valence-corrected chi connectivity index (χ4v) is 4.66. The number of hydrogen-bond acceptors (Lipinski definition) is 4. The predicted molar refractivity (Wildman–Crippen MR) is 97.6 cm³/mol. The van der Waals surface area contributed by atoms with E-state index in [-0.39, 0.29) is 17.6 Å². The van der Waals surface area contributed by atoms with Crippen molar-refractivity contribution < 1.29 is 13.2 Å². The molecule has 1 saturated heterocycles. The molecule has 1 aromatic carbocycles. The van der Waals surface area contributed by atoms with E-state index in [0.717, 1.165) is 17.1 Å². The van der Waals surface area contributed by atoms with Gasteiger partial charge in [-0.25, -0.2) is 13.4 Å². The number of nitrogens with zero attached hydrogens (tertiary/aromatic N) is 2. The Balaban J connectivity index is 1.67.